The summed E-state index contributed by atoms with van der Waals surface area (Å²) < 4.78 is 45.7. The highest BCUT2D eigenvalue weighted by Crippen LogP contribution is 2.40. The molecule has 2 heterocycles. The van der Waals surface area contributed by atoms with Crippen LogP contribution in [-0.4, -0.2) is 27.8 Å². The summed E-state index contributed by atoms with van der Waals surface area (Å²) in [6.45, 7) is 0.0397. The van der Waals surface area contributed by atoms with E-state index >= 15 is 0 Å². The van der Waals surface area contributed by atoms with Gasteiger partial charge in [0.25, 0.3) is 5.56 Å². The van der Waals surface area contributed by atoms with Gasteiger partial charge in [-0.05, 0) is 18.9 Å². The van der Waals surface area contributed by atoms with Gasteiger partial charge in [-0.15, -0.1) is 0 Å². The lowest BCUT2D eigenvalue weighted by atomic mass is 9.85. The van der Waals surface area contributed by atoms with Crippen molar-refractivity contribution in [1.29, 1.82) is 0 Å². The molecule has 0 bridgehead atoms. The molecule has 128 valence electrons. The van der Waals surface area contributed by atoms with Gasteiger partial charge < -0.3 is 14.5 Å². The molecule has 1 amide bonds. The molecule has 3 rings (SSSR count). The van der Waals surface area contributed by atoms with Gasteiger partial charge in [-0.3, -0.25) is 4.79 Å². The second-order valence-electron chi connectivity index (χ2n) is 5.62. The maximum atomic E-state index is 14.1. The van der Waals surface area contributed by atoms with Gasteiger partial charge >= 0.3 is 6.09 Å². The molecule has 0 radical (unpaired) electrons. The first-order chi connectivity index (χ1) is 11.4. The van der Waals surface area contributed by atoms with Crippen LogP contribution in [0.2, 0.25) is 0 Å². The fourth-order valence-electron chi connectivity index (χ4n) is 3.04. The molecule has 1 aromatic carbocycles. The summed E-state index contributed by atoms with van der Waals surface area (Å²) in [6.07, 6.45) is -0.859. The van der Waals surface area contributed by atoms with E-state index in [9.17, 15) is 27.9 Å². The zero-order valence-electron chi connectivity index (χ0n) is 12.3. The largest absolute Gasteiger partial charge is 0.465 e. The molecule has 9 heteroatoms. The number of benzene rings is 1. The number of hydrogen-bond donors (Lipinski definition) is 2. The number of nitrogens with zero attached hydrogens (tertiary/aromatic N) is 1. The number of aromatic nitrogens is 1. The molecule has 1 saturated heterocycles. The van der Waals surface area contributed by atoms with Gasteiger partial charge in [-0.2, -0.15) is 5.16 Å². The van der Waals surface area contributed by atoms with Crippen LogP contribution in [0.25, 0.3) is 0 Å². The molecular formula is C15H13F3N2O4. The summed E-state index contributed by atoms with van der Waals surface area (Å²) in [5.74, 6) is -3.66. The van der Waals surface area contributed by atoms with E-state index < -0.39 is 35.1 Å². The number of hydrogen-bond acceptors (Lipinski definition) is 3. The number of aromatic amines is 1. The maximum Gasteiger partial charge on any atom is 0.407 e. The van der Waals surface area contributed by atoms with Gasteiger partial charge in [-0.25, -0.2) is 18.0 Å². The van der Waals surface area contributed by atoms with E-state index in [4.69, 9.17) is 4.52 Å². The molecule has 1 aliphatic heterocycles. The van der Waals surface area contributed by atoms with Crippen molar-refractivity contribution in [1.82, 2.24) is 10.1 Å². The first-order valence-electron chi connectivity index (χ1n) is 7.19. The summed E-state index contributed by atoms with van der Waals surface area (Å²) in [4.78, 5) is 23.6. The average molecular weight is 342 g/mol. The molecule has 6 nitrogen and oxygen atoms in total. The van der Waals surface area contributed by atoms with Crippen LogP contribution in [0.4, 0.5) is 18.0 Å². The molecule has 2 atom stereocenters. The Morgan fingerprint density at radius 2 is 1.92 bits per heavy atom. The van der Waals surface area contributed by atoms with Crippen molar-refractivity contribution in [2.24, 2.45) is 0 Å². The van der Waals surface area contributed by atoms with E-state index in [1.54, 1.807) is 0 Å². The Balaban J connectivity index is 1.98. The van der Waals surface area contributed by atoms with Gasteiger partial charge in [0, 0.05) is 30.2 Å². The number of carboxylic acid groups (broad SMARTS) is 1. The zero-order valence-corrected chi connectivity index (χ0v) is 12.3. The van der Waals surface area contributed by atoms with Crippen molar-refractivity contribution in [2.75, 3.05) is 6.54 Å². The summed E-state index contributed by atoms with van der Waals surface area (Å²) in [5, 5.41) is 11.4. The third kappa shape index (κ3) is 2.89. The number of H-pyrrole nitrogens is 1. The van der Waals surface area contributed by atoms with Gasteiger partial charge in [0.05, 0.1) is 6.04 Å². The van der Waals surface area contributed by atoms with Crippen molar-refractivity contribution in [3.8, 4) is 0 Å². The highest BCUT2D eigenvalue weighted by Gasteiger charge is 2.36. The molecule has 0 spiro atoms. The second kappa shape index (κ2) is 6.06. The zero-order chi connectivity index (χ0) is 17.4. The topological polar surface area (TPSA) is 86.5 Å². The van der Waals surface area contributed by atoms with Crippen LogP contribution < -0.4 is 5.56 Å². The Labute approximate surface area is 133 Å². The van der Waals surface area contributed by atoms with Gasteiger partial charge in [-0.1, -0.05) is 0 Å². The van der Waals surface area contributed by atoms with E-state index in [0.717, 1.165) is 4.90 Å². The van der Waals surface area contributed by atoms with Gasteiger partial charge in [0.15, 0.2) is 11.6 Å². The second-order valence-corrected chi connectivity index (χ2v) is 5.62. The summed E-state index contributed by atoms with van der Waals surface area (Å²) in [5.41, 5.74) is -0.694. The van der Waals surface area contributed by atoms with Crippen molar-refractivity contribution in [2.45, 2.75) is 24.8 Å². The maximum absolute atomic E-state index is 14.1. The number of amides is 1. The number of nitrogens with one attached hydrogen (secondary N) is 1. The van der Waals surface area contributed by atoms with Crippen LogP contribution >= 0.6 is 0 Å². The smallest absolute Gasteiger partial charge is 0.407 e. The van der Waals surface area contributed by atoms with Crippen LogP contribution in [0.1, 0.15) is 36.1 Å². The molecule has 0 aliphatic carbocycles. The van der Waals surface area contributed by atoms with E-state index in [-0.39, 0.29) is 24.4 Å². The third-order valence-corrected chi connectivity index (χ3v) is 4.19. The molecule has 0 saturated carbocycles. The quantitative estimate of drug-likeness (QED) is 0.822. The van der Waals surface area contributed by atoms with Crippen LogP contribution in [0.15, 0.2) is 27.5 Å². The Morgan fingerprint density at radius 1 is 1.21 bits per heavy atom. The van der Waals surface area contributed by atoms with Crippen LogP contribution in [0, 0.1) is 17.5 Å². The fourth-order valence-corrected chi connectivity index (χ4v) is 3.04. The molecular weight excluding hydrogens is 329 g/mol. The van der Waals surface area contributed by atoms with Crippen LogP contribution in [0.3, 0.4) is 0 Å². The minimum absolute atomic E-state index is 0.0397. The van der Waals surface area contributed by atoms with Crippen molar-refractivity contribution in [3.05, 3.63) is 57.3 Å². The minimum Gasteiger partial charge on any atom is -0.465 e. The Bertz CT molecular complexity index is 832. The molecule has 1 aromatic heterocycles. The molecule has 2 N–H and O–H groups in total. The first-order valence-corrected chi connectivity index (χ1v) is 7.19. The summed E-state index contributed by atoms with van der Waals surface area (Å²) in [7, 11) is 0. The van der Waals surface area contributed by atoms with Crippen molar-refractivity contribution in [3.63, 3.8) is 0 Å². The SMILES string of the molecule is O=C(O)N1CC[C@@H](c2cc(=O)[nH]o2)C[C@@H]1c1cc(F)c(F)cc1F. The monoisotopic (exact) mass is 342 g/mol. The standard InChI is InChI=1S/C15H13F3N2O4/c16-9-5-11(18)10(17)4-8(9)12-3-7(1-2-20(12)15(22)23)13-6-14(21)19-24-13/h4-7,12H,1-3H2,(H,19,21)(H,22,23)/t7-,12-/m1/s1. The van der Waals surface area contributed by atoms with Crippen molar-refractivity contribution >= 4 is 6.09 Å². The predicted molar refractivity (Wildman–Crippen MR) is 75.1 cm³/mol. The molecule has 2 aromatic rings. The lowest BCUT2D eigenvalue weighted by Crippen LogP contribution is -2.40. The van der Waals surface area contributed by atoms with Crippen molar-refractivity contribution < 1.29 is 27.6 Å². The van der Waals surface area contributed by atoms with E-state index in [0.29, 0.717) is 24.3 Å². The minimum atomic E-state index is -1.35. The normalized spacial score (nSPS) is 21.0. The number of piperidine rings is 1. The number of rotatable bonds is 2. The molecule has 24 heavy (non-hydrogen) atoms. The average Bonchev–Trinajstić information content (AvgIpc) is 2.97. The Kier molecular flexibility index (Phi) is 4.08. The number of likely N-dealkylation sites (tertiary alicyclic amines) is 1. The Hall–Kier alpha value is -2.71. The number of halogens is 3. The summed E-state index contributed by atoms with van der Waals surface area (Å²) >= 11 is 0. The lowest BCUT2D eigenvalue weighted by Gasteiger charge is -2.37. The molecule has 1 fully saturated rings. The van der Waals surface area contributed by atoms with E-state index in [1.807, 2.05) is 0 Å². The predicted octanol–water partition coefficient (Wildman–Crippen LogP) is 2.98. The van der Waals surface area contributed by atoms with Gasteiger partial charge in [0.2, 0.25) is 0 Å². The highest BCUT2D eigenvalue weighted by molar-refractivity contribution is 5.66. The van der Waals surface area contributed by atoms with Gasteiger partial charge in [0.1, 0.15) is 11.6 Å². The van der Waals surface area contributed by atoms with Crippen LogP contribution in [0.5, 0.6) is 0 Å². The molecule has 1 aliphatic rings. The highest BCUT2D eigenvalue weighted by atomic mass is 19.2. The third-order valence-electron chi connectivity index (χ3n) is 4.19. The van der Waals surface area contributed by atoms with Crippen LogP contribution in [-0.2, 0) is 0 Å². The fraction of sp³-hybridized carbons (Fsp3) is 0.333. The first kappa shape index (κ1) is 16.2. The molecule has 0 unspecified atom stereocenters. The summed E-state index contributed by atoms with van der Waals surface area (Å²) in [6, 6.07) is 1.28. The van der Waals surface area contributed by atoms with E-state index in [1.165, 1.54) is 6.07 Å². The number of carbonyl (C=O) groups is 1. The lowest BCUT2D eigenvalue weighted by molar-refractivity contribution is 0.0953. The van der Waals surface area contributed by atoms with E-state index in [2.05, 4.69) is 5.16 Å². The Morgan fingerprint density at radius 3 is 2.54 bits per heavy atom.